The number of carbonyl (C=O) groups excluding carboxylic acids is 1. The van der Waals surface area contributed by atoms with Crippen LogP contribution in [0, 0.1) is 0 Å². The molecule has 0 unspecified atom stereocenters. The first kappa shape index (κ1) is 9.51. The lowest BCUT2D eigenvalue weighted by Gasteiger charge is -2.00. The minimum Gasteiger partial charge on any atom is -0.367 e. The second-order valence-electron chi connectivity index (χ2n) is 3.28. The molecule has 2 aromatic heterocycles. The van der Waals surface area contributed by atoms with E-state index in [1.165, 1.54) is 0 Å². The van der Waals surface area contributed by atoms with Crippen LogP contribution in [0.3, 0.4) is 0 Å². The van der Waals surface area contributed by atoms with Crippen LogP contribution in [0.2, 0.25) is 0 Å². The zero-order valence-electron chi connectivity index (χ0n) is 8.40. The fourth-order valence-electron chi connectivity index (χ4n) is 1.28. The Morgan fingerprint density at radius 2 is 2.47 bits per heavy atom. The third-order valence-electron chi connectivity index (χ3n) is 2.06. The van der Waals surface area contributed by atoms with Crippen molar-refractivity contribution in [3.8, 4) is 0 Å². The molecular weight excluding hydrogens is 192 g/mol. The zero-order chi connectivity index (χ0) is 10.7. The number of amides is 1. The van der Waals surface area contributed by atoms with E-state index in [0.717, 1.165) is 5.56 Å². The molecule has 15 heavy (non-hydrogen) atoms. The van der Waals surface area contributed by atoms with Gasteiger partial charge in [-0.05, 0) is 17.7 Å². The summed E-state index contributed by atoms with van der Waals surface area (Å²) in [6, 6.07) is 3.60. The number of aromatic amines is 1. The molecule has 0 fully saturated rings. The number of rotatable bonds is 3. The van der Waals surface area contributed by atoms with Crippen molar-refractivity contribution in [1.29, 1.82) is 0 Å². The number of hydrogen-bond donors (Lipinski definition) is 2. The van der Waals surface area contributed by atoms with Gasteiger partial charge < -0.3 is 10.3 Å². The number of aryl methyl sites for hydroxylation is 1. The Bertz CT molecular complexity index is 444. The number of aromatic nitrogens is 3. The molecule has 0 saturated heterocycles. The highest BCUT2D eigenvalue weighted by atomic mass is 16.1. The summed E-state index contributed by atoms with van der Waals surface area (Å²) in [6.45, 7) is 0.513. The van der Waals surface area contributed by atoms with Crippen LogP contribution in [0.25, 0.3) is 0 Å². The molecule has 1 amide bonds. The Balaban J connectivity index is 1.93. The molecule has 5 nitrogen and oxygen atoms in total. The molecule has 0 bridgehead atoms. The van der Waals surface area contributed by atoms with Crippen molar-refractivity contribution in [3.63, 3.8) is 0 Å². The Morgan fingerprint density at radius 3 is 3.07 bits per heavy atom. The summed E-state index contributed by atoms with van der Waals surface area (Å²) in [6.07, 6.45) is 5.41. The lowest BCUT2D eigenvalue weighted by molar-refractivity contribution is 0.0945. The molecule has 0 atom stereocenters. The van der Waals surface area contributed by atoms with Gasteiger partial charge in [-0.1, -0.05) is 0 Å². The molecule has 0 aliphatic rings. The van der Waals surface area contributed by atoms with Crippen molar-refractivity contribution in [1.82, 2.24) is 20.1 Å². The monoisotopic (exact) mass is 204 g/mol. The minimum absolute atomic E-state index is 0.156. The number of H-pyrrole nitrogens is 1. The predicted molar refractivity (Wildman–Crippen MR) is 55.2 cm³/mol. The molecule has 2 aromatic rings. The van der Waals surface area contributed by atoms with Gasteiger partial charge in [-0.3, -0.25) is 9.48 Å². The highest BCUT2D eigenvalue weighted by molar-refractivity contribution is 5.92. The summed E-state index contributed by atoms with van der Waals surface area (Å²) in [7, 11) is 1.78. The second-order valence-corrected chi connectivity index (χ2v) is 3.28. The first-order valence-electron chi connectivity index (χ1n) is 4.65. The minimum atomic E-state index is -0.156. The Hall–Kier alpha value is -2.04. The summed E-state index contributed by atoms with van der Waals surface area (Å²) in [5.74, 6) is -0.156. The van der Waals surface area contributed by atoms with E-state index in [4.69, 9.17) is 0 Å². The van der Waals surface area contributed by atoms with E-state index in [1.54, 1.807) is 24.0 Å². The average molecular weight is 204 g/mol. The molecule has 2 N–H and O–H groups in total. The van der Waals surface area contributed by atoms with E-state index in [2.05, 4.69) is 15.4 Å². The molecule has 0 saturated carbocycles. The van der Waals surface area contributed by atoms with E-state index in [0.29, 0.717) is 12.2 Å². The van der Waals surface area contributed by atoms with Gasteiger partial charge in [0.15, 0.2) is 0 Å². The van der Waals surface area contributed by atoms with Gasteiger partial charge in [0.2, 0.25) is 0 Å². The maximum atomic E-state index is 11.6. The number of nitrogens with one attached hydrogen (secondary N) is 2. The molecule has 0 aliphatic heterocycles. The van der Waals surface area contributed by atoms with E-state index in [-0.39, 0.29) is 5.91 Å². The summed E-state index contributed by atoms with van der Waals surface area (Å²) in [5, 5.41) is 6.79. The molecule has 0 spiro atoms. The largest absolute Gasteiger partial charge is 0.367 e. The third-order valence-corrected chi connectivity index (χ3v) is 2.06. The van der Waals surface area contributed by atoms with Crippen LogP contribution in [-0.2, 0) is 13.6 Å². The second kappa shape index (κ2) is 4.00. The van der Waals surface area contributed by atoms with Gasteiger partial charge >= 0.3 is 0 Å². The van der Waals surface area contributed by atoms with Crippen LogP contribution in [0.1, 0.15) is 16.1 Å². The Labute approximate surface area is 87.1 Å². The standard InChI is InChI=1S/C10H12N4O/c1-14-5-3-9(13-14)10(15)12-7-8-2-4-11-6-8/h2-6,11H,7H2,1H3,(H,12,15). The summed E-state index contributed by atoms with van der Waals surface area (Å²) in [5.41, 5.74) is 1.48. The molecule has 0 radical (unpaired) electrons. The lowest BCUT2D eigenvalue weighted by Crippen LogP contribution is -2.23. The van der Waals surface area contributed by atoms with Gasteiger partial charge in [-0.15, -0.1) is 0 Å². The highest BCUT2D eigenvalue weighted by Gasteiger charge is 2.07. The molecule has 2 heterocycles. The third kappa shape index (κ3) is 2.25. The van der Waals surface area contributed by atoms with Crippen LogP contribution in [0.4, 0.5) is 0 Å². The van der Waals surface area contributed by atoms with Crippen LogP contribution < -0.4 is 5.32 Å². The van der Waals surface area contributed by atoms with Crippen molar-refractivity contribution in [2.45, 2.75) is 6.54 Å². The number of hydrogen-bond acceptors (Lipinski definition) is 2. The quantitative estimate of drug-likeness (QED) is 0.772. The SMILES string of the molecule is Cn1ccc(C(=O)NCc2cc[nH]c2)n1. The zero-order valence-corrected chi connectivity index (χ0v) is 8.40. The van der Waals surface area contributed by atoms with Crippen molar-refractivity contribution < 1.29 is 4.79 Å². The fraction of sp³-hybridized carbons (Fsp3) is 0.200. The van der Waals surface area contributed by atoms with Crippen LogP contribution in [0.15, 0.2) is 30.7 Å². The van der Waals surface area contributed by atoms with Crippen molar-refractivity contribution in [2.75, 3.05) is 0 Å². The molecule has 5 heteroatoms. The van der Waals surface area contributed by atoms with Crippen molar-refractivity contribution in [3.05, 3.63) is 42.0 Å². The molecule has 78 valence electrons. The Morgan fingerprint density at radius 1 is 1.60 bits per heavy atom. The number of nitrogens with zero attached hydrogens (tertiary/aromatic N) is 2. The van der Waals surface area contributed by atoms with E-state index in [1.807, 2.05) is 18.5 Å². The molecular formula is C10H12N4O. The van der Waals surface area contributed by atoms with Gasteiger partial charge in [0, 0.05) is 32.2 Å². The smallest absolute Gasteiger partial charge is 0.272 e. The number of carbonyl (C=O) groups is 1. The lowest BCUT2D eigenvalue weighted by atomic mass is 10.3. The van der Waals surface area contributed by atoms with Crippen molar-refractivity contribution in [2.24, 2.45) is 7.05 Å². The first-order valence-corrected chi connectivity index (χ1v) is 4.65. The summed E-state index contributed by atoms with van der Waals surface area (Å²) in [4.78, 5) is 14.5. The predicted octanol–water partition coefficient (Wildman–Crippen LogP) is 0.678. The van der Waals surface area contributed by atoms with Gasteiger partial charge in [0.05, 0.1) is 0 Å². The van der Waals surface area contributed by atoms with Crippen LogP contribution >= 0.6 is 0 Å². The van der Waals surface area contributed by atoms with E-state index >= 15 is 0 Å². The Kier molecular flexibility index (Phi) is 2.53. The molecule has 2 rings (SSSR count). The van der Waals surface area contributed by atoms with Gasteiger partial charge in [0.25, 0.3) is 5.91 Å². The maximum Gasteiger partial charge on any atom is 0.272 e. The normalized spacial score (nSPS) is 10.2. The van der Waals surface area contributed by atoms with Crippen LogP contribution in [-0.4, -0.2) is 20.7 Å². The molecule has 0 aliphatic carbocycles. The van der Waals surface area contributed by atoms with E-state index < -0.39 is 0 Å². The average Bonchev–Trinajstić information content (AvgIpc) is 2.84. The summed E-state index contributed by atoms with van der Waals surface area (Å²) >= 11 is 0. The highest BCUT2D eigenvalue weighted by Crippen LogP contribution is 1.98. The topological polar surface area (TPSA) is 62.7 Å². The van der Waals surface area contributed by atoms with Crippen molar-refractivity contribution >= 4 is 5.91 Å². The van der Waals surface area contributed by atoms with Gasteiger partial charge in [-0.25, -0.2) is 0 Å². The maximum absolute atomic E-state index is 11.6. The summed E-state index contributed by atoms with van der Waals surface area (Å²) < 4.78 is 1.60. The first-order chi connectivity index (χ1) is 7.25. The van der Waals surface area contributed by atoms with Gasteiger partial charge in [-0.2, -0.15) is 5.10 Å². The fourth-order valence-corrected chi connectivity index (χ4v) is 1.28. The molecule has 0 aromatic carbocycles. The van der Waals surface area contributed by atoms with Gasteiger partial charge in [0.1, 0.15) is 5.69 Å². The van der Waals surface area contributed by atoms with E-state index in [9.17, 15) is 4.79 Å². The van der Waals surface area contributed by atoms with Crippen LogP contribution in [0.5, 0.6) is 0 Å².